The number of aromatic nitrogens is 1. The molecule has 2 aromatic rings. The van der Waals surface area contributed by atoms with Crippen molar-refractivity contribution >= 4 is 23.3 Å². The molecule has 1 unspecified atom stereocenters. The Labute approximate surface area is 123 Å². The molecule has 20 heavy (non-hydrogen) atoms. The van der Waals surface area contributed by atoms with Gasteiger partial charge in [-0.25, -0.2) is 4.98 Å². The fraction of sp³-hybridized carbons (Fsp3) is 0.250. The highest BCUT2D eigenvalue weighted by atomic mass is 32.1. The number of hydrogen-bond acceptors (Lipinski definition) is 3. The van der Waals surface area contributed by atoms with Crippen LogP contribution in [0, 0.1) is 13.8 Å². The molecule has 1 atom stereocenters. The molecule has 0 aliphatic carbocycles. The van der Waals surface area contributed by atoms with Crippen LogP contribution in [-0.2, 0) is 4.79 Å². The number of thiazole rings is 1. The molecule has 1 aromatic heterocycles. The molecule has 3 nitrogen and oxygen atoms in total. The first-order chi connectivity index (χ1) is 9.54. The van der Waals surface area contributed by atoms with E-state index in [2.05, 4.69) is 10.3 Å². The minimum absolute atomic E-state index is 0.0740. The van der Waals surface area contributed by atoms with E-state index >= 15 is 0 Å². The number of hydrogen-bond donors (Lipinski definition) is 1. The molecule has 1 N–H and O–H groups in total. The molecule has 0 spiro atoms. The van der Waals surface area contributed by atoms with Crippen molar-refractivity contribution in [3.05, 3.63) is 57.6 Å². The topological polar surface area (TPSA) is 42.0 Å². The van der Waals surface area contributed by atoms with Gasteiger partial charge in [0.05, 0.1) is 16.7 Å². The summed E-state index contributed by atoms with van der Waals surface area (Å²) in [5, 5.41) is 5.90. The lowest BCUT2D eigenvalue weighted by Crippen LogP contribution is -2.24. The molecule has 0 aliphatic heterocycles. The van der Waals surface area contributed by atoms with Gasteiger partial charge >= 0.3 is 0 Å². The van der Waals surface area contributed by atoms with Crippen molar-refractivity contribution in [1.29, 1.82) is 0 Å². The fourth-order valence-corrected chi connectivity index (χ4v) is 2.47. The van der Waals surface area contributed by atoms with E-state index < -0.39 is 0 Å². The predicted molar refractivity (Wildman–Crippen MR) is 83.6 cm³/mol. The third kappa shape index (κ3) is 4.03. The lowest BCUT2D eigenvalue weighted by Gasteiger charge is -2.09. The maximum absolute atomic E-state index is 11.9. The summed E-state index contributed by atoms with van der Waals surface area (Å²) in [5.41, 5.74) is 3.13. The minimum Gasteiger partial charge on any atom is -0.344 e. The van der Waals surface area contributed by atoms with Gasteiger partial charge < -0.3 is 5.32 Å². The van der Waals surface area contributed by atoms with Gasteiger partial charge in [0.2, 0.25) is 5.91 Å². The van der Waals surface area contributed by atoms with Crippen molar-refractivity contribution in [2.75, 3.05) is 0 Å². The zero-order chi connectivity index (χ0) is 14.5. The second-order valence-electron chi connectivity index (χ2n) is 4.77. The molecule has 0 bridgehead atoms. The summed E-state index contributed by atoms with van der Waals surface area (Å²) in [6.45, 7) is 5.93. The first-order valence-electron chi connectivity index (χ1n) is 6.52. The van der Waals surface area contributed by atoms with E-state index in [1.807, 2.05) is 56.5 Å². The van der Waals surface area contributed by atoms with Crippen LogP contribution in [0.25, 0.3) is 6.08 Å². The Bertz CT molecular complexity index is 614. The van der Waals surface area contributed by atoms with Gasteiger partial charge in [-0.05, 0) is 32.4 Å². The molecule has 4 heteroatoms. The number of carbonyl (C=O) groups excluding carboxylic acids is 1. The highest BCUT2D eigenvalue weighted by Gasteiger charge is 2.10. The van der Waals surface area contributed by atoms with Crippen molar-refractivity contribution < 1.29 is 4.79 Å². The van der Waals surface area contributed by atoms with E-state index in [1.54, 1.807) is 17.4 Å². The Kier molecular flexibility index (Phi) is 4.69. The molecular weight excluding hydrogens is 268 g/mol. The molecule has 1 amide bonds. The van der Waals surface area contributed by atoms with Crippen LogP contribution < -0.4 is 5.32 Å². The first-order valence-corrected chi connectivity index (χ1v) is 7.40. The highest BCUT2D eigenvalue weighted by molar-refractivity contribution is 7.09. The van der Waals surface area contributed by atoms with Gasteiger partial charge in [0.15, 0.2) is 0 Å². The van der Waals surface area contributed by atoms with Crippen LogP contribution in [0.15, 0.2) is 35.7 Å². The second kappa shape index (κ2) is 6.48. The van der Waals surface area contributed by atoms with Gasteiger partial charge in [-0.3, -0.25) is 4.79 Å². The van der Waals surface area contributed by atoms with Crippen LogP contribution in [0.5, 0.6) is 0 Å². The van der Waals surface area contributed by atoms with Crippen molar-refractivity contribution in [1.82, 2.24) is 10.3 Å². The molecule has 1 aromatic carbocycles. The largest absolute Gasteiger partial charge is 0.344 e. The highest BCUT2D eigenvalue weighted by Crippen LogP contribution is 2.15. The van der Waals surface area contributed by atoms with Crippen LogP contribution in [-0.4, -0.2) is 10.9 Å². The summed E-state index contributed by atoms with van der Waals surface area (Å²) in [4.78, 5) is 16.2. The van der Waals surface area contributed by atoms with Crippen molar-refractivity contribution in [3.8, 4) is 0 Å². The minimum atomic E-state index is -0.108. The number of nitrogens with one attached hydrogen (secondary N) is 1. The smallest absolute Gasteiger partial charge is 0.244 e. The van der Waals surface area contributed by atoms with Crippen LogP contribution in [0.4, 0.5) is 0 Å². The molecule has 0 radical (unpaired) electrons. The van der Waals surface area contributed by atoms with E-state index in [9.17, 15) is 4.79 Å². The van der Waals surface area contributed by atoms with Crippen LogP contribution in [0.2, 0.25) is 0 Å². The third-order valence-electron chi connectivity index (χ3n) is 2.94. The molecular formula is C16H18N2OS. The summed E-state index contributed by atoms with van der Waals surface area (Å²) >= 11 is 1.59. The van der Waals surface area contributed by atoms with Gasteiger partial charge in [-0.1, -0.05) is 29.8 Å². The summed E-state index contributed by atoms with van der Waals surface area (Å²) in [5.74, 6) is -0.108. The Morgan fingerprint density at radius 1 is 1.30 bits per heavy atom. The van der Waals surface area contributed by atoms with E-state index in [1.165, 1.54) is 5.56 Å². The standard InChI is InChI=1S/C16H18N2OS/c1-11-4-6-14(7-5-11)8-9-16(19)17-12(2)15-10-20-13(3)18-15/h4-10,12H,1-3H3,(H,17,19)/b9-8+. The number of carbonyl (C=O) groups is 1. The summed E-state index contributed by atoms with van der Waals surface area (Å²) in [6, 6.07) is 7.96. The molecule has 0 saturated heterocycles. The Morgan fingerprint density at radius 2 is 2.00 bits per heavy atom. The average Bonchev–Trinajstić information content (AvgIpc) is 2.85. The molecule has 104 valence electrons. The van der Waals surface area contributed by atoms with E-state index in [4.69, 9.17) is 0 Å². The van der Waals surface area contributed by atoms with E-state index in [0.717, 1.165) is 16.3 Å². The van der Waals surface area contributed by atoms with Gasteiger partial charge in [0.1, 0.15) is 0 Å². The van der Waals surface area contributed by atoms with Crippen LogP contribution in [0.1, 0.15) is 34.8 Å². The monoisotopic (exact) mass is 286 g/mol. The lowest BCUT2D eigenvalue weighted by atomic mass is 10.1. The van der Waals surface area contributed by atoms with Crippen molar-refractivity contribution in [3.63, 3.8) is 0 Å². The van der Waals surface area contributed by atoms with Crippen molar-refractivity contribution in [2.24, 2.45) is 0 Å². The summed E-state index contributed by atoms with van der Waals surface area (Å²) in [6.07, 6.45) is 3.37. The average molecular weight is 286 g/mol. The molecule has 1 heterocycles. The zero-order valence-electron chi connectivity index (χ0n) is 11.9. The normalized spacial score (nSPS) is 12.6. The number of amides is 1. The van der Waals surface area contributed by atoms with Crippen molar-refractivity contribution in [2.45, 2.75) is 26.8 Å². The predicted octanol–water partition coefficient (Wildman–Crippen LogP) is 3.65. The number of benzene rings is 1. The van der Waals surface area contributed by atoms with Gasteiger partial charge in [0.25, 0.3) is 0 Å². The number of nitrogens with zero attached hydrogens (tertiary/aromatic N) is 1. The maximum Gasteiger partial charge on any atom is 0.244 e. The summed E-state index contributed by atoms with van der Waals surface area (Å²) < 4.78 is 0. The number of rotatable bonds is 4. The van der Waals surface area contributed by atoms with Crippen LogP contribution >= 0.6 is 11.3 Å². The first kappa shape index (κ1) is 14.5. The lowest BCUT2D eigenvalue weighted by molar-refractivity contribution is -0.117. The maximum atomic E-state index is 11.9. The molecule has 0 saturated carbocycles. The summed E-state index contributed by atoms with van der Waals surface area (Å²) in [7, 11) is 0. The van der Waals surface area contributed by atoms with Gasteiger partial charge in [0, 0.05) is 11.5 Å². The number of aryl methyl sites for hydroxylation is 2. The Hall–Kier alpha value is -1.94. The van der Waals surface area contributed by atoms with Gasteiger partial charge in [-0.15, -0.1) is 11.3 Å². The SMILES string of the molecule is Cc1ccc(/C=C/C(=O)NC(C)c2csc(C)n2)cc1. The molecule has 2 rings (SSSR count). The Morgan fingerprint density at radius 3 is 2.60 bits per heavy atom. The fourth-order valence-electron chi connectivity index (χ4n) is 1.76. The van der Waals surface area contributed by atoms with Crippen LogP contribution in [0.3, 0.4) is 0 Å². The van der Waals surface area contributed by atoms with E-state index in [0.29, 0.717) is 0 Å². The molecule has 0 aliphatic rings. The van der Waals surface area contributed by atoms with Gasteiger partial charge in [-0.2, -0.15) is 0 Å². The zero-order valence-corrected chi connectivity index (χ0v) is 12.7. The van der Waals surface area contributed by atoms with E-state index in [-0.39, 0.29) is 11.9 Å². The third-order valence-corrected chi connectivity index (χ3v) is 3.74. The Balaban J connectivity index is 1.93. The molecule has 0 fully saturated rings. The second-order valence-corrected chi connectivity index (χ2v) is 5.83. The quantitative estimate of drug-likeness (QED) is 0.872.